The number of carbonyl (C=O) groups excluding carboxylic acids is 2. The number of carbonyl (C=O) groups is 2. The third kappa shape index (κ3) is 2.21. The Balaban J connectivity index is 1.30. The molecule has 0 unspecified atom stereocenters. The molecule has 2 heterocycles. The van der Waals surface area contributed by atoms with Gasteiger partial charge in [0.2, 0.25) is 6.79 Å². The molecule has 1 saturated heterocycles. The maximum Gasteiger partial charge on any atom is 0.254 e. The first-order valence-corrected chi connectivity index (χ1v) is 10.7. The van der Waals surface area contributed by atoms with Crippen LogP contribution in [0.2, 0.25) is 0 Å². The summed E-state index contributed by atoms with van der Waals surface area (Å²) in [4.78, 5) is 27.0. The fourth-order valence-corrected chi connectivity index (χ4v) is 5.89. The highest BCUT2D eigenvalue weighted by atomic mass is 16.7. The molecular formula is C26H18N2O4. The monoisotopic (exact) mass is 422 g/mol. The van der Waals surface area contributed by atoms with Gasteiger partial charge in [0.15, 0.2) is 11.5 Å². The normalized spacial score (nSPS) is 26.4. The van der Waals surface area contributed by atoms with E-state index in [1.54, 1.807) is 12.1 Å². The number of imide groups is 1. The lowest BCUT2D eigenvalue weighted by Crippen LogP contribution is -2.41. The van der Waals surface area contributed by atoms with Crippen LogP contribution < -0.4 is 9.47 Å². The SMILES string of the molecule is O=C1[C@@H]2C3c4ccccc4C(c4ccccc43)[C@@H]2C(=O)N1/N=C\c1ccc2c(c1)OCO2. The summed E-state index contributed by atoms with van der Waals surface area (Å²) >= 11 is 0. The standard InChI is InChI=1S/C26H18N2O4/c29-25-23-21-15-5-1-2-6-16(15)22(18-8-4-3-7-17(18)21)24(23)26(30)28(25)27-12-14-9-10-19-20(11-14)32-13-31-19/h1-12,21-24H,13H2/b27-12-/t21?,22?,23-,24+. The van der Waals surface area contributed by atoms with Crippen molar-refractivity contribution in [2.24, 2.45) is 16.9 Å². The highest BCUT2D eigenvalue weighted by Crippen LogP contribution is 2.60. The second kappa shape index (κ2) is 6.29. The van der Waals surface area contributed by atoms with E-state index >= 15 is 0 Å². The Hall–Kier alpha value is -3.93. The van der Waals surface area contributed by atoms with Crippen LogP contribution in [0.3, 0.4) is 0 Å². The average Bonchev–Trinajstić information content (AvgIpc) is 3.40. The van der Waals surface area contributed by atoms with Gasteiger partial charge in [-0.3, -0.25) is 9.59 Å². The van der Waals surface area contributed by atoms with Crippen molar-refractivity contribution in [2.45, 2.75) is 11.8 Å². The van der Waals surface area contributed by atoms with E-state index < -0.39 is 11.8 Å². The second-order valence-corrected chi connectivity index (χ2v) is 8.61. The predicted molar refractivity (Wildman–Crippen MR) is 116 cm³/mol. The summed E-state index contributed by atoms with van der Waals surface area (Å²) in [5.41, 5.74) is 5.35. The fourth-order valence-electron chi connectivity index (χ4n) is 5.89. The smallest absolute Gasteiger partial charge is 0.254 e. The number of nitrogens with zero attached hydrogens (tertiary/aromatic N) is 2. The maximum absolute atomic E-state index is 13.5. The molecule has 3 aromatic carbocycles. The zero-order chi connectivity index (χ0) is 21.4. The minimum absolute atomic E-state index is 0.125. The Morgan fingerprint density at radius 1 is 0.750 bits per heavy atom. The Bertz CT molecular complexity index is 1230. The van der Waals surface area contributed by atoms with Crippen molar-refractivity contribution in [3.8, 4) is 11.5 Å². The van der Waals surface area contributed by atoms with Crippen LogP contribution in [-0.2, 0) is 9.59 Å². The Morgan fingerprint density at radius 3 is 1.84 bits per heavy atom. The van der Waals surface area contributed by atoms with Crippen LogP contribution in [0, 0.1) is 11.8 Å². The van der Waals surface area contributed by atoms with Gasteiger partial charge >= 0.3 is 0 Å². The third-order valence-electron chi connectivity index (χ3n) is 7.14. The van der Waals surface area contributed by atoms with E-state index in [0.29, 0.717) is 11.5 Å². The van der Waals surface area contributed by atoms with E-state index in [2.05, 4.69) is 29.4 Å². The van der Waals surface area contributed by atoms with Crippen molar-refractivity contribution in [2.75, 3.05) is 6.79 Å². The number of hydrogen-bond donors (Lipinski definition) is 0. The molecule has 0 radical (unpaired) electrons. The van der Waals surface area contributed by atoms with E-state index in [1.165, 1.54) is 6.21 Å². The predicted octanol–water partition coefficient (Wildman–Crippen LogP) is 3.64. The molecule has 5 aliphatic rings. The van der Waals surface area contributed by atoms with Gasteiger partial charge in [-0.25, -0.2) is 0 Å². The molecule has 0 saturated carbocycles. The van der Waals surface area contributed by atoms with Crippen LogP contribution in [0.25, 0.3) is 0 Å². The quantitative estimate of drug-likeness (QED) is 0.467. The lowest BCUT2D eigenvalue weighted by Gasteiger charge is -2.45. The van der Waals surface area contributed by atoms with Gasteiger partial charge in [0.25, 0.3) is 11.8 Å². The number of ether oxygens (including phenoxy) is 2. The van der Waals surface area contributed by atoms with Gasteiger partial charge in [0.1, 0.15) is 0 Å². The van der Waals surface area contributed by atoms with Gasteiger partial charge in [-0.15, -0.1) is 0 Å². The molecule has 0 spiro atoms. The van der Waals surface area contributed by atoms with Crippen molar-refractivity contribution in [3.05, 3.63) is 94.5 Å². The summed E-state index contributed by atoms with van der Waals surface area (Å²) in [5.74, 6) is -0.247. The lowest BCUT2D eigenvalue weighted by molar-refractivity contribution is -0.139. The highest BCUT2D eigenvalue weighted by molar-refractivity contribution is 6.08. The van der Waals surface area contributed by atoms with Gasteiger partial charge in [-0.1, -0.05) is 48.5 Å². The van der Waals surface area contributed by atoms with Gasteiger partial charge in [0, 0.05) is 11.8 Å². The summed E-state index contributed by atoms with van der Waals surface area (Å²) in [5, 5.41) is 5.42. The van der Waals surface area contributed by atoms with E-state index in [-0.39, 0.29) is 30.4 Å². The molecule has 8 rings (SSSR count). The zero-order valence-corrected chi connectivity index (χ0v) is 17.0. The molecule has 2 aliphatic heterocycles. The topological polar surface area (TPSA) is 68.2 Å². The van der Waals surface area contributed by atoms with Crippen LogP contribution in [0.4, 0.5) is 0 Å². The number of rotatable bonds is 2. The molecule has 6 nitrogen and oxygen atoms in total. The zero-order valence-electron chi connectivity index (χ0n) is 17.0. The van der Waals surface area contributed by atoms with Gasteiger partial charge in [0.05, 0.1) is 18.1 Å². The molecule has 6 heteroatoms. The molecule has 0 N–H and O–H groups in total. The molecule has 2 bridgehead atoms. The largest absolute Gasteiger partial charge is 0.454 e. The Labute approximate surface area is 184 Å². The molecular weight excluding hydrogens is 404 g/mol. The lowest BCUT2D eigenvalue weighted by atomic mass is 9.55. The summed E-state index contributed by atoms with van der Waals surface area (Å²) in [6.07, 6.45) is 1.54. The number of hydrogen-bond acceptors (Lipinski definition) is 5. The maximum atomic E-state index is 13.5. The van der Waals surface area contributed by atoms with Gasteiger partial charge in [-0.2, -0.15) is 10.1 Å². The molecule has 3 aromatic rings. The van der Waals surface area contributed by atoms with Crippen LogP contribution >= 0.6 is 0 Å². The molecule has 2 amide bonds. The summed E-state index contributed by atoms with van der Waals surface area (Å²) < 4.78 is 10.7. The molecule has 0 aromatic heterocycles. The van der Waals surface area contributed by atoms with E-state index in [4.69, 9.17) is 9.47 Å². The third-order valence-corrected chi connectivity index (χ3v) is 7.14. The van der Waals surface area contributed by atoms with Gasteiger partial charge < -0.3 is 9.47 Å². The molecule has 1 fully saturated rings. The van der Waals surface area contributed by atoms with Gasteiger partial charge in [-0.05, 0) is 46.0 Å². The van der Waals surface area contributed by atoms with Crippen molar-refractivity contribution >= 4 is 18.0 Å². The molecule has 156 valence electrons. The number of amides is 2. The summed E-state index contributed by atoms with van der Waals surface area (Å²) in [7, 11) is 0. The average molecular weight is 422 g/mol. The fraction of sp³-hybridized carbons (Fsp3) is 0.192. The van der Waals surface area contributed by atoms with Crippen molar-refractivity contribution in [3.63, 3.8) is 0 Å². The first kappa shape index (κ1) is 17.7. The minimum atomic E-state index is -0.425. The molecule has 2 atom stereocenters. The summed E-state index contributed by atoms with van der Waals surface area (Å²) in [6.45, 7) is 0.187. The highest BCUT2D eigenvalue weighted by Gasteiger charge is 2.61. The van der Waals surface area contributed by atoms with E-state index in [1.807, 2.05) is 30.3 Å². The van der Waals surface area contributed by atoms with E-state index in [9.17, 15) is 9.59 Å². The Morgan fingerprint density at radius 2 is 1.28 bits per heavy atom. The van der Waals surface area contributed by atoms with Crippen LogP contribution in [0.1, 0.15) is 39.7 Å². The number of benzene rings is 3. The first-order valence-electron chi connectivity index (χ1n) is 10.7. The van der Waals surface area contributed by atoms with Crippen molar-refractivity contribution in [1.29, 1.82) is 0 Å². The Kier molecular flexibility index (Phi) is 3.48. The summed E-state index contributed by atoms with van der Waals surface area (Å²) in [6, 6.07) is 21.8. The number of hydrazone groups is 1. The van der Waals surface area contributed by atoms with Crippen LogP contribution in [0.15, 0.2) is 71.8 Å². The molecule has 32 heavy (non-hydrogen) atoms. The van der Waals surface area contributed by atoms with Crippen molar-refractivity contribution < 1.29 is 19.1 Å². The van der Waals surface area contributed by atoms with E-state index in [0.717, 1.165) is 32.8 Å². The number of fused-ring (bicyclic) bond motifs is 1. The minimum Gasteiger partial charge on any atom is -0.454 e. The van der Waals surface area contributed by atoms with Crippen molar-refractivity contribution in [1.82, 2.24) is 5.01 Å². The first-order chi connectivity index (χ1) is 15.7. The molecule has 3 aliphatic carbocycles. The second-order valence-electron chi connectivity index (χ2n) is 8.61. The van der Waals surface area contributed by atoms with Crippen LogP contribution in [0.5, 0.6) is 11.5 Å². The van der Waals surface area contributed by atoms with Crippen LogP contribution in [-0.4, -0.2) is 29.8 Å².